The molecule has 3 rings (SSSR count). The number of aliphatic hydroxyl groups is 1. The van der Waals surface area contributed by atoms with Crippen LogP contribution in [-0.4, -0.2) is 70.5 Å². The van der Waals surface area contributed by atoms with E-state index in [9.17, 15) is 14.7 Å². The van der Waals surface area contributed by atoms with E-state index in [-0.39, 0.29) is 13.2 Å². The molecule has 0 aliphatic carbocycles. The Balaban J connectivity index is 1.62. The fraction of sp³-hybridized carbons (Fsp3) is 0.400. The minimum atomic E-state index is -0.848. The molecule has 0 spiro atoms. The van der Waals surface area contributed by atoms with Crippen molar-refractivity contribution in [2.75, 3.05) is 20.2 Å². The number of β-amino-alcohol motifs (C(OH)–C–C–N with tert-alkyl or cyclic N) is 1. The topological polar surface area (TPSA) is 94.1 Å². The van der Waals surface area contributed by atoms with Crippen LogP contribution in [-0.2, 0) is 4.79 Å². The molecule has 0 saturated carbocycles. The molecule has 0 bridgehead atoms. The van der Waals surface area contributed by atoms with E-state index in [1.165, 1.54) is 4.90 Å². The Labute approximate surface area is 144 Å². The van der Waals surface area contributed by atoms with Gasteiger partial charge >= 0.3 is 6.03 Å². The molecule has 0 radical (unpaired) electrons. The number of amides is 3. The van der Waals surface area contributed by atoms with Crippen molar-refractivity contribution >= 4 is 29.3 Å². The Morgan fingerprint density at radius 2 is 2.04 bits per heavy atom. The van der Waals surface area contributed by atoms with Gasteiger partial charge in [0.15, 0.2) is 5.11 Å². The van der Waals surface area contributed by atoms with Crippen molar-refractivity contribution in [3.63, 3.8) is 0 Å². The highest BCUT2D eigenvalue weighted by Gasteiger charge is 2.49. The van der Waals surface area contributed by atoms with Crippen LogP contribution in [0.3, 0.4) is 0 Å². The number of nitrogens with one attached hydrogen (secondary N) is 2. The zero-order valence-electron chi connectivity index (χ0n) is 13.0. The van der Waals surface area contributed by atoms with Crippen molar-refractivity contribution in [3.05, 3.63) is 30.3 Å². The van der Waals surface area contributed by atoms with Gasteiger partial charge in [0.25, 0.3) is 5.91 Å². The zero-order valence-corrected chi connectivity index (χ0v) is 13.8. The van der Waals surface area contributed by atoms with Crippen molar-refractivity contribution in [1.82, 2.24) is 20.4 Å². The number of imide groups is 1. The quantitative estimate of drug-likeness (QED) is 0.616. The normalized spacial score (nSPS) is 24.3. The van der Waals surface area contributed by atoms with E-state index >= 15 is 0 Å². The van der Waals surface area contributed by atoms with Crippen LogP contribution in [0, 0.1) is 0 Å². The highest BCUT2D eigenvalue weighted by atomic mass is 32.1. The van der Waals surface area contributed by atoms with E-state index < -0.39 is 30.2 Å². The van der Waals surface area contributed by atoms with E-state index in [1.807, 2.05) is 18.2 Å². The number of benzene rings is 1. The van der Waals surface area contributed by atoms with E-state index in [0.29, 0.717) is 10.9 Å². The summed E-state index contributed by atoms with van der Waals surface area (Å²) in [6.07, 6.45) is -1.39. The third-order valence-corrected chi connectivity index (χ3v) is 4.35. The molecular formula is C15H18N4O4S. The molecule has 3 unspecified atom stereocenters. The smallest absolute Gasteiger partial charge is 0.325 e. The molecule has 3 N–H and O–H groups in total. The Morgan fingerprint density at radius 1 is 1.33 bits per heavy atom. The number of fused-ring (bicyclic) bond motifs is 1. The van der Waals surface area contributed by atoms with E-state index in [4.69, 9.17) is 17.0 Å². The van der Waals surface area contributed by atoms with Gasteiger partial charge in [-0.05, 0) is 24.4 Å². The Bertz CT molecular complexity index is 656. The van der Waals surface area contributed by atoms with Crippen LogP contribution in [0.25, 0.3) is 0 Å². The summed E-state index contributed by atoms with van der Waals surface area (Å²) in [5, 5.41) is 15.8. The number of thiocarbonyl (C=S) groups is 1. The summed E-state index contributed by atoms with van der Waals surface area (Å²) < 4.78 is 5.51. The molecule has 8 nitrogen and oxygen atoms in total. The van der Waals surface area contributed by atoms with Crippen LogP contribution >= 0.6 is 12.2 Å². The van der Waals surface area contributed by atoms with Crippen molar-refractivity contribution in [2.24, 2.45) is 0 Å². The third-order valence-electron chi connectivity index (χ3n) is 4.00. The monoisotopic (exact) mass is 350 g/mol. The van der Waals surface area contributed by atoms with E-state index in [0.717, 1.165) is 0 Å². The van der Waals surface area contributed by atoms with Crippen molar-refractivity contribution < 1.29 is 19.4 Å². The van der Waals surface area contributed by atoms with Crippen LogP contribution in [0.4, 0.5) is 4.79 Å². The molecule has 2 aliphatic rings. The number of nitrogens with zero attached hydrogens (tertiary/aromatic N) is 2. The van der Waals surface area contributed by atoms with E-state index in [1.54, 1.807) is 24.1 Å². The van der Waals surface area contributed by atoms with Gasteiger partial charge in [-0.15, -0.1) is 0 Å². The standard InChI is InChI=1S/C15H18N4O4S/c1-18-12-11(13(21)17-14(18)22)19(15(24)16-12)7-9(20)8-23-10-5-3-2-4-6-10/h2-6,9,11-12,20H,7-8H2,1H3,(H,16,24)(H,17,21,22). The number of hydrogen-bond donors (Lipinski definition) is 3. The molecule has 24 heavy (non-hydrogen) atoms. The number of likely N-dealkylation sites (N-methyl/N-ethyl adjacent to an activating group) is 1. The van der Waals surface area contributed by atoms with Gasteiger partial charge in [0, 0.05) is 7.05 Å². The molecule has 2 saturated heterocycles. The maximum Gasteiger partial charge on any atom is 0.325 e. The summed E-state index contributed by atoms with van der Waals surface area (Å²) in [5.74, 6) is 0.212. The average Bonchev–Trinajstić information content (AvgIpc) is 2.89. The Kier molecular flexibility index (Phi) is 4.54. The fourth-order valence-corrected chi connectivity index (χ4v) is 3.07. The molecule has 1 aromatic rings. The second kappa shape index (κ2) is 6.62. The lowest BCUT2D eigenvalue weighted by atomic mass is 10.1. The molecule has 0 aromatic heterocycles. The van der Waals surface area contributed by atoms with Gasteiger partial charge in [-0.3, -0.25) is 10.1 Å². The molecule has 2 heterocycles. The van der Waals surface area contributed by atoms with Crippen molar-refractivity contribution in [2.45, 2.75) is 18.3 Å². The molecule has 3 amide bonds. The highest BCUT2D eigenvalue weighted by Crippen LogP contribution is 2.21. The predicted molar refractivity (Wildman–Crippen MR) is 89.3 cm³/mol. The molecule has 128 valence electrons. The van der Waals surface area contributed by atoms with Crippen molar-refractivity contribution in [1.29, 1.82) is 0 Å². The minimum absolute atomic E-state index is 0.0664. The molecule has 3 atom stereocenters. The number of para-hydroxylation sites is 1. The number of rotatable bonds is 5. The first-order valence-corrected chi connectivity index (χ1v) is 7.89. The number of urea groups is 1. The second-order valence-electron chi connectivity index (χ2n) is 5.67. The number of hydrogen-bond acceptors (Lipinski definition) is 5. The summed E-state index contributed by atoms with van der Waals surface area (Å²) in [7, 11) is 1.58. The molecule has 1 aromatic carbocycles. The van der Waals surface area contributed by atoms with E-state index in [2.05, 4.69) is 10.6 Å². The Hall–Kier alpha value is -2.39. The van der Waals surface area contributed by atoms with Gasteiger partial charge in [0.05, 0.1) is 6.54 Å². The SMILES string of the molecule is CN1C(=O)NC(=O)C2C1NC(=S)N2CC(O)COc1ccccc1. The van der Waals surface area contributed by atoms with Gasteiger partial charge in [-0.2, -0.15) is 0 Å². The predicted octanol–water partition coefficient (Wildman–Crippen LogP) is -0.507. The summed E-state index contributed by atoms with van der Waals surface area (Å²) in [5.41, 5.74) is 0. The second-order valence-corrected chi connectivity index (χ2v) is 6.06. The van der Waals surface area contributed by atoms with Crippen LogP contribution < -0.4 is 15.4 Å². The van der Waals surface area contributed by atoms with Crippen LogP contribution in [0.2, 0.25) is 0 Å². The van der Waals surface area contributed by atoms with Gasteiger partial charge in [-0.25, -0.2) is 4.79 Å². The Morgan fingerprint density at radius 3 is 2.75 bits per heavy atom. The first-order valence-electron chi connectivity index (χ1n) is 7.48. The average molecular weight is 350 g/mol. The van der Waals surface area contributed by atoms with Gasteiger partial charge in [0.2, 0.25) is 0 Å². The van der Waals surface area contributed by atoms with Crippen LogP contribution in [0.5, 0.6) is 5.75 Å². The fourth-order valence-electron chi connectivity index (χ4n) is 2.76. The largest absolute Gasteiger partial charge is 0.491 e. The number of carbonyl (C=O) groups excluding carboxylic acids is 2. The molecular weight excluding hydrogens is 332 g/mol. The highest BCUT2D eigenvalue weighted by molar-refractivity contribution is 7.80. The molecule has 9 heteroatoms. The zero-order chi connectivity index (χ0) is 17.3. The number of aliphatic hydroxyl groups excluding tert-OH is 1. The molecule has 2 aliphatic heterocycles. The summed E-state index contributed by atoms with van der Waals surface area (Å²) >= 11 is 5.24. The lowest BCUT2D eigenvalue weighted by Crippen LogP contribution is -2.65. The maximum absolute atomic E-state index is 12.1. The number of carbonyl (C=O) groups is 2. The van der Waals surface area contributed by atoms with Gasteiger partial charge in [0.1, 0.15) is 30.7 Å². The summed E-state index contributed by atoms with van der Waals surface area (Å²) in [4.78, 5) is 26.8. The maximum atomic E-state index is 12.1. The van der Waals surface area contributed by atoms with Gasteiger partial charge < -0.3 is 25.0 Å². The van der Waals surface area contributed by atoms with Crippen LogP contribution in [0.1, 0.15) is 0 Å². The molecule has 2 fully saturated rings. The first kappa shape index (κ1) is 16.5. The first-order chi connectivity index (χ1) is 11.5. The minimum Gasteiger partial charge on any atom is -0.491 e. The number of ether oxygens (including phenoxy) is 1. The lowest BCUT2D eigenvalue weighted by molar-refractivity contribution is -0.127. The summed E-state index contributed by atoms with van der Waals surface area (Å²) in [6.45, 7) is 0.187. The lowest BCUT2D eigenvalue weighted by Gasteiger charge is -2.35. The van der Waals surface area contributed by atoms with Gasteiger partial charge in [-0.1, -0.05) is 18.2 Å². The van der Waals surface area contributed by atoms with Crippen molar-refractivity contribution in [3.8, 4) is 5.75 Å². The van der Waals surface area contributed by atoms with Crippen LogP contribution in [0.15, 0.2) is 30.3 Å². The third kappa shape index (κ3) is 3.13. The summed E-state index contributed by atoms with van der Waals surface area (Å²) in [6, 6.07) is 7.98.